The molecule has 0 aliphatic rings. The first-order chi connectivity index (χ1) is 13.2. The van der Waals surface area contributed by atoms with Gasteiger partial charge >= 0.3 is 0 Å². The van der Waals surface area contributed by atoms with Crippen molar-refractivity contribution in [3.8, 4) is 11.5 Å². The van der Waals surface area contributed by atoms with E-state index in [1.54, 1.807) is 39.0 Å². The maximum absolute atomic E-state index is 12.4. The third-order valence-electron chi connectivity index (χ3n) is 4.73. The van der Waals surface area contributed by atoms with Gasteiger partial charge in [0.25, 0.3) is 0 Å². The number of aryl methyl sites for hydroxylation is 1. The van der Waals surface area contributed by atoms with E-state index in [0.29, 0.717) is 18.7 Å². The summed E-state index contributed by atoms with van der Waals surface area (Å²) in [6.07, 6.45) is 2.52. The lowest BCUT2D eigenvalue weighted by Gasteiger charge is -2.23. The summed E-state index contributed by atoms with van der Waals surface area (Å²) in [7, 11) is 0. The van der Waals surface area contributed by atoms with Gasteiger partial charge in [-0.25, -0.2) is 0 Å². The normalized spacial score (nSPS) is 11.7. The highest BCUT2D eigenvalue weighted by molar-refractivity contribution is 5.84. The zero-order valence-electron chi connectivity index (χ0n) is 16.1. The molecule has 0 spiro atoms. The maximum Gasteiger partial charge on any atom is 0.227 e. The highest BCUT2D eigenvalue weighted by atomic mass is 16.4. The Kier molecular flexibility index (Phi) is 5.18. The maximum atomic E-state index is 12.4. The summed E-state index contributed by atoms with van der Waals surface area (Å²) >= 11 is 0. The zero-order chi connectivity index (χ0) is 20.5. The Morgan fingerprint density at radius 3 is 2.75 bits per heavy atom. The van der Waals surface area contributed by atoms with E-state index < -0.39 is 16.6 Å². The van der Waals surface area contributed by atoms with Crippen LogP contribution < -0.4 is 10.7 Å². The van der Waals surface area contributed by atoms with Crippen molar-refractivity contribution in [2.75, 3.05) is 6.54 Å². The zero-order valence-corrected chi connectivity index (χ0v) is 16.1. The summed E-state index contributed by atoms with van der Waals surface area (Å²) < 4.78 is 5.52. The summed E-state index contributed by atoms with van der Waals surface area (Å²) in [5.74, 6) is 0.0189. The number of carbonyl (C=O) groups is 1. The number of aromatic hydroxyl groups is 2. The Morgan fingerprint density at radius 2 is 2.00 bits per heavy atom. The molecule has 3 aromatic rings. The first-order valence-electron chi connectivity index (χ1n) is 9.07. The topological polar surface area (TPSA) is 116 Å². The number of hydrogen-bond acceptors (Lipinski definition) is 5. The molecular formula is C21H24N2O5. The van der Waals surface area contributed by atoms with E-state index in [9.17, 15) is 19.8 Å². The molecule has 2 heterocycles. The van der Waals surface area contributed by atoms with Gasteiger partial charge in [0.15, 0.2) is 5.76 Å². The fourth-order valence-corrected chi connectivity index (χ4v) is 3.32. The molecule has 2 aromatic heterocycles. The third-order valence-corrected chi connectivity index (χ3v) is 4.73. The Bertz CT molecular complexity index is 1080. The molecule has 0 unspecified atom stereocenters. The number of carbonyl (C=O) groups excluding carboxylic acids is 1. The molecule has 148 valence electrons. The summed E-state index contributed by atoms with van der Waals surface area (Å²) in [6, 6.07) is 6.32. The van der Waals surface area contributed by atoms with Crippen LogP contribution in [0.25, 0.3) is 10.9 Å². The summed E-state index contributed by atoms with van der Waals surface area (Å²) in [5, 5.41) is 23.5. The first kappa shape index (κ1) is 19.5. The Hall–Kier alpha value is -3.22. The van der Waals surface area contributed by atoms with Gasteiger partial charge in [0, 0.05) is 41.5 Å². The van der Waals surface area contributed by atoms with E-state index in [0.717, 1.165) is 16.5 Å². The van der Waals surface area contributed by atoms with Crippen molar-refractivity contribution in [3.05, 3.63) is 57.8 Å². The van der Waals surface area contributed by atoms with Crippen LogP contribution in [0.3, 0.4) is 0 Å². The Morgan fingerprint density at radius 1 is 1.25 bits per heavy atom. The van der Waals surface area contributed by atoms with Crippen molar-refractivity contribution in [2.24, 2.45) is 0 Å². The molecule has 0 aliphatic heterocycles. The predicted octanol–water partition coefficient (Wildman–Crippen LogP) is 2.87. The van der Waals surface area contributed by atoms with Gasteiger partial charge in [-0.2, -0.15) is 0 Å². The number of phenols is 1. The quantitative estimate of drug-likeness (QED) is 0.522. The highest BCUT2D eigenvalue weighted by Gasteiger charge is 2.31. The molecule has 0 atom stereocenters. The van der Waals surface area contributed by atoms with Crippen LogP contribution in [0.5, 0.6) is 11.5 Å². The predicted molar refractivity (Wildman–Crippen MR) is 106 cm³/mol. The number of nitrogens with one attached hydrogen (secondary N) is 2. The number of phenolic OH excluding ortho intramolecular Hbond substituents is 1. The van der Waals surface area contributed by atoms with Crippen molar-refractivity contribution in [1.29, 1.82) is 0 Å². The molecule has 0 saturated heterocycles. The molecule has 0 aliphatic carbocycles. The second-order valence-electron chi connectivity index (χ2n) is 7.60. The number of benzene rings is 1. The molecule has 0 fully saturated rings. The van der Waals surface area contributed by atoms with Crippen molar-refractivity contribution >= 4 is 16.8 Å². The Labute approximate surface area is 162 Å². The van der Waals surface area contributed by atoms with Gasteiger partial charge in [-0.3, -0.25) is 9.59 Å². The molecule has 7 nitrogen and oxygen atoms in total. The van der Waals surface area contributed by atoms with E-state index in [-0.39, 0.29) is 23.8 Å². The number of aromatic nitrogens is 1. The van der Waals surface area contributed by atoms with Crippen LogP contribution in [0.2, 0.25) is 0 Å². The molecule has 0 radical (unpaired) electrons. The minimum atomic E-state index is -0.841. The fraction of sp³-hybridized carbons (Fsp3) is 0.333. The van der Waals surface area contributed by atoms with E-state index in [2.05, 4.69) is 10.3 Å². The van der Waals surface area contributed by atoms with Crippen LogP contribution in [-0.2, 0) is 16.6 Å². The van der Waals surface area contributed by atoms with Gasteiger partial charge in [-0.05, 0) is 37.1 Å². The molecule has 28 heavy (non-hydrogen) atoms. The third kappa shape index (κ3) is 4.03. The number of hydrogen-bond donors (Lipinski definition) is 4. The molecule has 1 amide bonds. The van der Waals surface area contributed by atoms with Crippen LogP contribution in [0, 0.1) is 6.92 Å². The van der Waals surface area contributed by atoms with Gasteiger partial charge < -0.3 is 24.9 Å². The van der Waals surface area contributed by atoms with Crippen molar-refractivity contribution in [3.63, 3.8) is 0 Å². The number of amides is 1. The van der Waals surface area contributed by atoms with Gasteiger partial charge in [-0.15, -0.1) is 0 Å². The Balaban J connectivity index is 1.64. The van der Waals surface area contributed by atoms with Crippen LogP contribution in [0.15, 0.2) is 39.7 Å². The largest absolute Gasteiger partial charge is 0.508 e. The van der Waals surface area contributed by atoms with Gasteiger partial charge in [0.1, 0.15) is 11.5 Å². The molecule has 4 N–H and O–H groups in total. The second-order valence-corrected chi connectivity index (χ2v) is 7.60. The lowest BCUT2D eigenvalue weighted by atomic mass is 9.85. The SMILES string of the molecule is Cc1cc(=O)c(O)c(C(C)(C)CC(=O)NCCc2c[nH]c3ccc(O)cc23)o1. The monoisotopic (exact) mass is 384 g/mol. The highest BCUT2D eigenvalue weighted by Crippen LogP contribution is 2.32. The number of fused-ring (bicyclic) bond motifs is 1. The summed E-state index contributed by atoms with van der Waals surface area (Å²) in [6.45, 7) is 5.53. The molecular weight excluding hydrogens is 360 g/mol. The van der Waals surface area contributed by atoms with E-state index in [4.69, 9.17) is 4.42 Å². The molecule has 3 rings (SSSR count). The van der Waals surface area contributed by atoms with Crippen LogP contribution in [0.4, 0.5) is 0 Å². The number of rotatable bonds is 6. The van der Waals surface area contributed by atoms with Crippen molar-refractivity contribution < 1.29 is 19.4 Å². The average Bonchev–Trinajstić information content (AvgIpc) is 2.99. The second kappa shape index (κ2) is 7.42. The fourth-order valence-electron chi connectivity index (χ4n) is 3.32. The van der Waals surface area contributed by atoms with Crippen LogP contribution in [-0.4, -0.2) is 27.6 Å². The van der Waals surface area contributed by atoms with Crippen molar-refractivity contribution in [2.45, 2.75) is 39.0 Å². The van der Waals surface area contributed by atoms with Crippen LogP contribution >= 0.6 is 0 Å². The van der Waals surface area contributed by atoms with Gasteiger partial charge in [-0.1, -0.05) is 13.8 Å². The van der Waals surface area contributed by atoms with E-state index in [1.807, 2.05) is 6.20 Å². The smallest absolute Gasteiger partial charge is 0.227 e. The molecule has 0 saturated carbocycles. The van der Waals surface area contributed by atoms with Gasteiger partial charge in [0.2, 0.25) is 17.1 Å². The lowest BCUT2D eigenvalue weighted by Crippen LogP contribution is -2.32. The number of H-pyrrole nitrogens is 1. The molecule has 1 aromatic carbocycles. The van der Waals surface area contributed by atoms with Crippen LogP contribution in [0.1, 0.15) is 37.4 Å². The minimum absolute atomic E-state index is 0.0572. The van der Waals surface area contributed by atoms with Gasteiger partial charge in [0.05, 0.1) is 0 Å². The van der Waals surface area contributed by atoms with Crippen molar-refractivity contribution in [1.82, 2.24) is 10.3 Å². The van der Waals surface area contributed by atoms with E-state index in [1.165, 1.54) is 6.07 Å². The standard InChI is InChI=1S/C21H24N2O5/c1-12-8-17(25)19(27)20(28-12)21(2,3)10-18(26)22-7-6-13-11-23-16-5-4-14(24)9-15(13)16/h4-5,8-9,11,23-24,27H,6-7,10H2,1-3H3,(H,22,26). The summed E-state index contributed by atoms with van der Waals surface area (Å²) in [4.78, 5) is 27.3. The average molecular weight is 384 g/mol. The number of aromatic amines is 1. The summed E-state index contributed by atoms with van der Waals surface area (Å²) in [5.41, 5.74) is 0.555. The first-order valence-corrected chi connectivity index (χ1v) is 9.07. The lowest BCUT2D eigenvalue weighted by molar-refractivity contribution is -0.122. The minimum Gasteiger partial charge on any atom is -0.508 e. The van der Waals surface area contributed by atoms with E-state index >= 15 is 0 Å². The molecule has 7 heteroatoms. The molecule has 0 bridgehead atoms.